The highest BCUT2D eigenvalue weighted by Crippen LogP contribution is 2.31. The largest absolute Gasteiger partial charge is 0.453 e. The molecule has 0 aliphatic carbocycles. The lowest BCUT2D eigenvalue weighted by Crippen LogP contribution is -1.93. The molecule has 0 radical (unpaired) electrons. The van der Waals surface area contributed by atoms with Gasteiger partial charge in [-0.05, 0) is 36.8 Å². The van der Waals surface area contributed by atoms with E-state index in [4.69, 9.17) is 4.42 Å². The fourth-order valence-corrected chi connectivity index (χ4v) is 3.87. The number of benzene rings is 2. The van der Waals surface area contributed by atoms with Crippen molar-refractivity contribution in [2.24, 2.45) is 0 Å². The van der Waals surface area contributed by atoms with Gasteiger partial charge in [-0.15, -0.1) is 10.2 Å². The number of carbonyl (C=O) groups is 1. The second kappa shape index (κ2) is 7.68. The first-order valence-electron chi connectivity index (χ1n) is 9.49. The molecule has 2 aromatic carbocycles. The Bertz CT molecular complexity index is 1330. The summed E-state index contributed by atoms with van der Waals surface area (Å²) in [4.78, 5) is 17.7. The van der Waals surface area contributed by atoms with E-state index in [2.05, 4.69) is 50.5 Å². The van der Waals surface area contributed by atoms with Gasteiger partial charge in [-0.2, -0.15) is 0 Å². The van der Waals surface area contributed by atoms with E-state index >= 15 is 0 Å². The molecule has 0 spiro atoms. The van der Waals surface area contributed by atoms with Gasteiger partial charge in [0.05, 0.1) is 5.75 Å². The molecule has 0 fully saturated rings. The van der Waals surface area contributed by atoms with E-state index in [0.29, 0.717) is 22.5 Å². The van der Waals surface area contributed by atoms with Gasteiger partial charge < -0.3 is 14.4 Å². The summed E-state index contributed by atoms with van der Waals surface area (Å²) in [7, 11) is 0. The van der Waals surface area contributed by atoms with Crippen LogP contribution in [0, 0.1) is 0 Å². The van der Waals surface area contributed by atoms with Crippen molar-refractivity contribution >= 4 is 28.4 Å². The smallest absolute Gasteiger partial charge is 0.197 e. The number of aromatic nitrogens is 4. The third kappa shape index (κ3) is 3.67. The van der Waals surface area contributed by atoms with Gasteiger partial charge in [0.2, 0.25) is 0 Å². The Morgan fingerprint density at radius 1 is 0.933 bits per heavy atom. The van der Waals surface area contributed by atoms with Crippen LogP contribution in [0.5, 0.6) is 0 Å². The summed E-state index contributed by atoms with van der Waals surface area (Å²) in [6.07, 6.45) is 0. The third-order valence-corrected chi connectivity index (χ3v) is 5.72. The number of aromatic amines is 2. The number of H-pyrrole nitrogens is 2. The maximum atomic E-state index is 11.1. The van der Waals surface area contributed by atoms with Crippen molar-refractivity contribution in [3.05, 3.63) is 66.7 Å². The summed E-state index contributed by atoms with van der Waals surface area (Å²) in [6.45, 7) is 1.55. The number of fused-ring (bicyclic) bond motifs is 1. The predicted molar refractivity (Wildman–Crippen MR) is 118 cm³/mol. The molecule has 5 aromatic rings. The Kier molecular flexibility index (Phi) is 4.72. The number of nitrogens with zero attached hydrogens (tertiary/aromatic N) is 2. The molecule has 3 heterocycles. The molecule has 0 aliphatic heterocycles. The number of ketones is 1. The first kappa shape index (κ1) is 18.4. The lowest BCUT2D eigenvalue weighted by Gasteiger charge is -1.98. The number of carbonyl (C=O) groups excluding carboxylic acids is 1. The summed E-state index contributed by atoms with van der Waals surface area (Å²) in [5.41, 5.74) is 4.26. The van der Waals surface area contributed by atoms with Crippen LogP contribution in [-0.4, -0.2) is 31.7 Å². The lowest BCUT2D eigenvalue weighted by atomic mass is 10.1. The summed E-state index contributed by atoms with van der Waals surface area (Å²) in [5.74, 6) is 2.34. The third-order valence-electron chi connectivity index (χ3n) is 4.71. The zero-order chi connectivity index (χ0) is 20.5. The Hall–Kier alpha value is -3.58. The highest BCUT2D eigenvalue weighted by atomic mass is 32.2. The fraction of sp³-hybridized carbons (Fsp3) is 0.0870. The van der Waals surface area contributed by atoms with Gasteiger partial charge >= 0.3 is 0 Å². The van der Waals surface area contributed by atoms with Gasteiger partial charge in [0, 0.05) is 22.2 Å². The maximum Gasteiger partial charge on any atom is 0.197 e. The van der Waals surface area contributed by atoms with Crippen LogP contribution in [0.2, 0.25) is 0 Å². The van der Waals surface area contributed by atoms with E-state index in [1.54, 1.807) is 6.92 Å². The predicted octanol–water partition coefficient (Wildman–Crippen LogP) is 5.56. The summed E-state index contributed by atoms with van der Waals surface area (Å²) in [6, 6.07) is 22.4. The Morgan fingerprint density at radius 3 is 2.60 bits per heavy atom. The van der Waals surface area contributed by atoms with Crippen molar-refractivity contribution in [3.8, 4) is 34.2 Å². The van der Waals surface area contributed by atoms with Crippen LogP contribution in [0.1, 0.15) is 6.92 Å². The quantitative estimate of drug-likeness (QED) is 0.355. The average Bonchev–Trinajstić information content (AvgIpc) is 3.51. The standard InChI is InChI=1S/C23H18N4O2S/c1-14(28)13-30-23-25-22(26-27-23)21-10-9-20(29-21)17-8-7-16-11-18(24-19(16)12-17)15-5-3-2-4-6-15/h2-12,24H,13H2,1H3,(H,25,26,27). The summed E-state index contributed by atoms with van der Waals surface area (Å²) < 4.78 is 6.01. The van der Waals surface area contributed by atoms with Gasteiger partial charge in [-0.25, -0.2) is 0 Å². The number of hydrogen-bond acceptors (Lipinski definition) is 5. The zero-order valence-corrected chi connectivity index (χ0v) is 17.0. The highest BCUT2D eigenvalue weighted by molar-refractivity contribution is 7.99. The van der Waals surface area contributed by atoms with Crippen molar-refractivity contribution < 1.29 is 9.21 Å². The van der Waals surface area contributed by atoms with Crippen LogP contribution in [0.15, 0.2) is 76.3 Å². The van der Waals surface area contributed by atoms with Crippen molar-refractivity contribution in [2.75, 3.05) is 5.75 Å². The second-order valence-electron chi connectivity index (χ2n) is 6.98. The molecule has 5 rings (SSSR count). The minimum absolute atomic E-state index is 0.0911. The fourth-order valence-electron chi connectivity index (χ4n) is 3.27. The molecule has 0 atom stereocenters. The van der Waals surface area contributed by atoms with E-state index in [0.717, 1.165) is 33.5 Å². The Balaban J connectivity index is 1.41. The number of thioether (sulfide) groups is 1. The Morgan fingerprint density at radius 2 is 1.77 bits per heavy atom. The monoisotopic (exact) mass is 414 g/mol. The van der Waals surface area contributed by atoms with E-state index in [1.807, 2.05) is 36.4 Å². The molecule has 2 N–H and O–H groups in total. The van der Waals surface area contributed by atoms with Gasteiger partial charge in [0.15, 0.2) is 16.7 Å². The molecular weight excluding hydrogens is 396 g/mol. The van der Waals surface area contributed by atoms with Crippen LogP contribution in [0.25, 0.3) is 45.1 Å². The lowest BCUT2D eigenvalue weighted by molar-refractivity contribution is -0.114. The molecule has 0 saturated carbocycles. The van der Waals surface area contributed by atoms with E-state index in [1.165, 1.54) is 11.8 Å². The molecular formula is C23H18N4O2S. The van der Waals surface area contributed by atoms with Crippen LogP contribution in [0.4, 0.5) is 0 Å². The molecule has 7 heteroatoms. The zero-order valence-electron chi connectivity index (χ0n) is 16.2. The van der Waals surface area contributed by atoms with E-state index < -0.39 is 0 Å². The Labute approximate surface area is 176 Å². The van der Waals surface area contributed by atoms with Crippen molar-refractivity contribution in [3.63, 3.8) is 0 Å². The van der Waals surface area contributed by atoms with E-state index in [9.17, 15) is 4.79 Å². The average molecular weight is 414 g/mol. The van der Waals surface area contributed by atoms with Gasteiger partial charge in [0.1, 0.15) is 11.5 Å². The molecule has 0 bridgehead atoms. The molecule has 30 heavy (non-hydrogen) atoms. The topological polar surface area (TPSA) is 87.6 Å². The van der Waals surface area contributed by atoms with Crippen LogP contribution >= 0.6 is 11.8 Å². The molecule has 6 nitrogen and oxygen atoms in total. The minimum Gasteiger partial charge on any atom is -0.453 e. The summed E-state index contributed by atoms with van der Waals surface area (Å²) >= 11 is 1.32. The van der Waals surface area contributed by atoms with Crippen LogP contribution in [0.3, 0.4) is 0 Å². The number of furan rings is 1. The second-order valence-corrected chi connectivity index (χ2v) is 7.95. The van der Waals surface area contributed by atoms with Crippen LogP contribution < -0.4 is 0 Å². The highest BCUT2D eigenvalue weighted by Gasteiger charge is 2.13. The molecule has 0 aliphatic rings. The molecule has 148 valence electrons. The molecule has 3 aromatic heterocycles. The van der Waals surface area contributed by atoms with Crippen molar-refractivity contribution in [2.45, 2.75) is 12.1 Å². The van der Waals surface area contributed by atoms with Gasteiger partial charge in [-0.3, -0.25) is 4.79 Å². The SMILES string of the molecule is CC(=O)CSc1nnc(-c2ccc(-c3ccc4cc(-c5ccccc5)[nH]c4c3)o2)[nH]1. The maximum absolute atomic E-state index is 11.1. The van der Waals surface area contributed by atoms with Gasteiger partial charge in [0.25, 0.3) is 0 Å². The number of hydrogen-bond donors (Lipinski definition) is 2. The minimum atomic E-state index is 0.0911. The van der Waals surface area contributed by atoms with Crippen molar-refractivity contribution in [1.29, 1.82) is 0 Å². The number of rotatable bonds is 6. The number of Topliss-reactive ketones (excluding diaryl/α,β-unsaturated/α-hetero) is 1. The first-order valence-corrected chi connectivity index (χ1v) is 10.5. The molecule has 0 unspecified atom stereocenters. The summed E-state index contributed by atoms with van der Waals surface area (Å²) in [5, 5.41) is 9.92. The van der Waals surface area contributed by atoms with Gasteiger partial charge in [-0.1, -0.05) is 54.2 Å². The van der Waals surface area contributed by atoms with Crippen molar-refractivity contribution in [1.82, 2.24) is 20.2 Å². The molecule has 0 amide bonds. The van der Waals surface area contributed by atoms with E-state index in [-0.39, 0.29) is 5.78 Å². The number of nitrogens with one attached hydrogen (secondary N) is 2. The first-order chi connectivity index (χ1) is 14.7. The normalized spacial score (nSPS) is 11.2. The molecule has 0 saturated heterocycles. The van der Waals surface area contributed by atoms with Crippen LogP contribution in [-0.2, 0) is 4.79 Å².